The Kier molecular flexibility index (Phi) is 4.56. The summed E-state index contributed by atoms with van der Waals surface area (Å²) >= 11 is 1.73. The number of likely N-dealkylation sites (tertiary alicyclic amines) is 1. The molecule has 4 rings (SSSR count). The molecule has 2 aliphatic rings. The molecule has 0 unspecified atom stereocenters. The minimum Gasteiger partial charge on any atom is -0.382 e. The number of carbonyl (C=O) groups is 1. The van der Waals surface area contributed by atoms with Gasteiger partial charge in [0.1, 0.15) is 0 Å². The summed E-state index contributed by atoms with van der Waals surface area (Å²) in [6, 6.07) is 13.0. The van der Waals surface area contributed by atoms with E-state index in [4.69, 9.17) is 0 Å². The number of hydrogen-bond acceptors (Lipinski definition) is 3. The molecule has 3 nitrogen and oxygen atoms in total. The first kappa shape index (κ1) is 15.7. The summed E-state index contributed by atoms with van der Waals surface area (Å²) in [7, 11) is 0. The lowest BCUT2D eigenvalue weighted by Crippen LogP contribution is -2.42. The van der Waals surface area contributed by atoms with Gasteiger partial charge < -0.3 is 10.2 Å². The maximum atomic E-state index is 12.8. The van der Waals surface area contributed by atoms with Crippen molar-refractivity contribution in [3.8, 4) is 0 Å². The molecule has 1 aliphatic carbocycles. The predicted octanol–water partition coefficient (Wildman–Crippen LogP) is 4.34. The van der Waals surface area contributed by atoms with Gasteiger partial charge in [0, 0.05) is 29.7 Å². The van der Waals surface area contributed by atoms with Crippen LogP contribution in [-0.4, -0.2) is 29.9 Å². The number of nitrogens with zero attached hydrogens (tertiary/aromatic N) is 1. The summed E-state index contributed by atoms with van der Waals surface area (Å²) < 4.78 is 0. The van der Waals surface area contributed by atoms with Crippen molar-refractivity contribution in [1.82, 2.24) is 4.90 Å². The minimum absolute atomic E-state index is 0.243. The molecule has 0 saturated carbocycles. The van der Waals surface area contributed by atoms with Crippen LogP contribution >= 0.6 is 11.3 Å². The fraction of sp³-hybridized carbons (Fsp3) is 0.450. The molecule has 2 aromatic rings. The van der Waals surface area contributed by atoms with Gasteiger partial charge in [-0.05, 0) is 62.3 Å². The van der Waals surface area contributed by atoms with Crippen LogP contribution in [0.2, 0.25) is 0 Å². The third-order valence-electron chi connectivity index (χ3n) is 5.13. The van der Waals surface area contributed by atoms with Crippen molar-refractivity contribution in [2.24, 2.45) is 0 Å². The third kappa shape index (κ3) is 3.34. The highest BCUT2D eigenvalue weighted by atomic mass is 32.1. The number of hydrogen-bond donors (Lipinski definition) is 1. The van der Waals surface area contributed by atoms with Crippen LogP contribution in [-0.2, 0) is 12.8 Å². The van der Waals surface area contributed by atoms with Gasteiger partial charge in [-0.25, -0.2) is 0 Å². The summed E-state index contributed by atoms with van der Waals surface area (Å²) in [4.78, 5) is 17.2. The van der Waals surface area contributed by atoms with Gasteiger partial charge in [-0.2, -0.15) is 0 Å². The summed E-state index contributed by atoms with van der Waals surface area (Å²) in [5, 5.41) is 3.58. The molecule has 1 aromatic carbocycles. The van der Waals surface area contributed by atoms with Crippen molar-refractivity contribution >= 4 is 22.9 Å². The molecule has 1 saturated heterocycles. The average molecular weight is 340 g/mol. The molecular weight excluding hydrogens is 316 g/mol. The maximum absolute atomic E-state index is 12.8. The zero-order chi connectivity index (χ0) is 16.4. The van der Waals surface area contributed by atoms with Gasteiger partial charge >= 0.3 is 0 Å². The van der Waals surface area contributed by atoms with Gasteiger partial charge in [-0.1, -0.05) is 18.2 Å². The summed E-state index contributed by atoms with van der Waals surface area (Å²) in [5.74, 6) is 0.243. The van der Waals surface area contributed by atoms with Gasteiger partial charge in [-0.3, -0.25) is 4.79 Å². The third-order valence-corrected chi connectivity index (χ3v) is 6.36. The largest absolute Gasteiger partial charge is 0.382 e. The molecule has 126 valence electrons. The molecule has 0 bridgehead atoms. The van der Waals surface area contributed by atoms with Crippen LogP contribution in [0.3, 0.4) is 0 Å². The normalized spacial score (nSPS) is 18.2. The monoisotopic (exact) mass is 340 g/mol. The lowest BCUT2D eigenvalue weighted by atomic mass is 9.99. The zero-order valence-corrected chi connectivity index (χ0v) is 14.8. The SMILES string of the molecule is O=C(c1cc2c(s1)CCCC2)N1CCC(Nc2ccccc2)CC1. The van der Waals surface area contributed by atoms with Crippen LogP contribution in [0.1, 0.15) is 45.8 Å². The number of para-hydroxylation sites is 1. The lowest BCUT2D eigenvalue weighted by Gasteiger charge is -2.32. The van der Waals surface area contributed by atoms with E-state index in [9.17, 15) is 4.79 Å². The van der Waals surface area contributed by atoms with E-state index in [0.29, 0.717) is 6.04 Å². The van der Waals surface area contributed by atoms with Crippen molar-refractivity contribution in [3.05, 3.63) is 51.7 Å². The van der Waals surface area contributed by atoms with Crippen molar-refractivity contribution < 1.29 is 4.79 Å². The van der Waals surface area contributed by atoms with Gasteiger partial charge in [0.15, 0.2) is 0 Å². The molecule has 0 atom stereocenters. The zero-order valence-electron chi connectivity index (χ0n) is 14.0. The quantitative estimate of drug-likeness (QED) is 0.901. The number of carbonyl (C=O) groups excluding carboxylic acids is 1. The summed E-state index contributed by atoms with van der Waals surface area (Å²) in [6.45, 7) is 1.71. The number of fused-ring (bicyclic) bond motifs is 1. The molecular formula is C20H24N2OS. The van der Waals surface area contributed by atoms with E-state index in [1.165, 1.54) is 29.0 Å². The van der Waals surface area contributed by atoms with Gasteiger partial charge in [-0.15, -0.1) is 11.3 Å². The molecule has 1 aliphatic heterocycles. The fourth-order valence-electron chi connectivity index (χ4n) is 3.75. The molecule has 0 spiro atoms. The van der Waals surface area contributed by atoms with E-state index in [2.05, 4.69) is 35.6 Å². The van der Waals surface area contributed by atoms with Crippen molar-refractivity contribution in [2.75, 3.05) is 18.4 Å². The Bertz CT molecular complexity index is 678. The van der Waals surface area contributed by atoms with E-state index in [1.54, 1.807) is 11.3 Å². The molecule has 2 heterocycles. The Morgan fingerprint density at radius 3 is 2.58 bits per heavy atom. The second kappa shape index (κ2) is 6.98. The smallest absolute Gasteiger partial charge is 0.263 e. The molecule has 1 aromatic heterocycles. The first-order valence-electron chi connectivity index (χ1n) is 9.02. The van der Waals surface area contributed by atoms with Crippen molar-refractivity contribution in [2.45, 2.75) is 44.6 Å². The van der Waals surface area contributed by atoms with Crippen LogP contribution in [0.4, 0.5) is 5.69 Å². The first-order valence-corrected chi connectivity index (χ1v) is 9.84. The maximum Gasteiger partial charge on any atom is 0.263 e. The van der Waals surface area contributed by atoms with E-state index in [-0.39, 0.29) is 5.91 Å². The molecule has 4 heteroatoms. The molecule has 0 radical (unpaired) electrons. The van der Waals surface area contributed by atoms with E-state index < -0.39 is 0 Å². The standard InChI is InChI=1S/C20H24N2OS/c23-20(19-14-15-6-4-5-9-18(15)24-19)22-12-10-17(11-13-22)21-16-7-2-1-3-8-16/h1-3,7-8,14,17,21H,4-6,9-13H2. The highest BCUT2D eigenvalue weighted by Crippen LogP contribution is 2.31. The van der Waals surface area contributed by atoms with E-state index in [0.717, 1.165) is 43.6 Å². The molecule has 1 amide bonds. The number of piperidine rings is 1. The van der Waals surface area contributed by atoms with Crippen LogP contribution in [0.25, 0.3) is 0 Å². The van der Waals surface area contributed by atoms with E-state index >= 15 is 0 Å². The number of thiophene rings is 1. The summed E-state index contributed by atoms with van der Waals surface area (Å²) in [5.41, 5.74) is 2.60. The fourth-order valence-corrected chi connectivity index (χ4v) is 4.97. The number of aryl methyl sites for hydroxylation is 2. The Morgan fingerprint density at radius 2 is 1.83 bits per heavy atom. The second-order valence-electron chi connectivity index (χ2n) is 6.84. The second-order valence-corrected chi connectivity index (χ2v) is 7.98. The molecule has 1 N–H and O–H groups in total. The van der Waals surface area contributed by atoms with Gasteiger partial charge in [0.05, 0.1) is 4.88 Å². The molecule has 1 fully saturated rings. The Morgan fingerprint density at radius 1 is 1.08 bits per heavy atom. The highest BCUT2D eigenvalue weighted by Gasteiger charge is 2.26. The number of benzene rings is 1. The van der Waals surface area contributed by atoms with Gasteiger partial charge in [0.2, 0.25) is 0 Å². The Balaban J connectivity index is 1.35. The number of nitrogens with one attached hydrogen (secondary N) is 1. The van der Waals surface area contributed by atoms with Crippen LogP contribution in [0.15, 0.2) is 36.4 Å². The van der Waals surface area contributed by atoms with Crippen molar-refractivity contribution in [1.29, 1.82) is 0 Å². The van der Waals surface area contributed by atoms with Crippen LogP contribution in [0, 0.1) is 0 Å². The average Bonchev–Trinajstić information content (AvgIpc) is 3.07. The van der Waals surface area contributed by atoms with Crippen molar-refractivity contribution in [3.63, 3.8) is 0 Å². The number of rotatable bonds is 3. The van der Waals surface area contributed by atoms with Crippen LogP contribution < -0.4 is 5.32 Å². The topological polar surface area (TPSA) is 32.3 Å². The van der Waals surface area contributed by atoms with Crippen LogP contribution in [0.5, 0.6) is 0 Å². The molecule has 24 heavy (non-hydrogen) atoms. The number of anilines is 1. The lowest BCUT2D eigenvalue weighted by molar-refractivity contribution is 0.0723. The Labute approximate surface area is 147 Å². The number of amides is 1. The highest BCUT2D eigenvalue weighted by molar-refractivity contribution is 7.14. The van der Waals surface area contributed by atoms with Gasteiger partial charge in [0.25, 0.3) is 5.91 Å². The Hall–Kier alpha value is -1.81. The van der Waals surface area contributed by atoms with E-state index in [1.807, 2.05) is 11.0 Å². The first-order chi connectivity index (χ1) is 11.8. The summed E-state index contributed by atoms with van der Waals surface area (Å²) in [6.07, 6.45) is 6.90. The predicted molar refractivity (Wildman–Crippen MR) is 100.0 cm³/mol. The minimum atomic E-state index is 0.243.